The van der Waals surface area contributed by atoms with E-state index in [2.05, 4.69) is 15.9 Å². The molecule has 0 saturated heterocycles. The van der Waals surface area contributed by atoms with Crippen molar-refractivity contribution in [3.63, 3.8) is 0 Å². The minimum Gasteiger partial charge on any atom is -0.293 e. The Morgan fingerprint density at radius 2 is 2.29 bits per heavy atom. The molecule has 0 unspecified atom stereocenters. The Labute approximate surface area is 102 Å². The van der Waals surface area contributed by atoms with E-state index >= 15 is 0 Å². The number of rotatable bonds is 2. The van der Waals surface area contributed by atoms with Gasteiger partial charge in [0.25, 0.3) is 0 Å². The van der Waals surface area contributed by atoms with Crippen LogP contribution in [-0.4, -0.2) is 11.1 Å². The summed E-state index contributed by atoms with van der Waals surface area (Å²) in [5.41, 5.74) is 0.366. The maximum atomic E-state index is 13.0. The van der Waals surface area contributed by atoms with E-state index in [0.29, 0.717) is 3.57 Å². The van der Waals surface area contributed by atoms with E-state index in [4.69, 9.17) is 5.26 Å². The van der Waals surface area contributed by atoms with Gasteiger partial charge in [0.15, 0.2) is 5.78 Å². The van der Waals surface area contributed by atoms with Gasteiger partial charge in [0.05, 0.1) is 10.9 Å². The molecule has 1 aromatic rings. The summed E-state index contributed by atoms with van der Waals surface area (Å²) in [5, 5.41) is 8.87. The standard InChI is InChI=1S/C9H4BrFINO/c10-3-9(14)6-1-5(11)2-8(12)7(6)4-13/h1-2H,3H2. The van der Waals surface area contributed by atoms with E-state index in [9.17, 15) is 9.18 Å². The molecule has 14 heavy (non-hydrogen) atoms. The largest absolute Gasteiger partial charge is 0.293 e. The first kappa shape index (κ1) is 11.6. The van der Waals surface area contributed by atoms with Gasteiger partial charge in [0.1, 0.15) is 11.9 Å². The average molecular weight is 368 g/mol. The Balaban J connectivity index is 3.41. The monoisotopic (exact) mass is 367 g/mol. The van der Waals surface area contributed by atoms with Crippen molar-refractivity contribution in [1.82, 2.24) is 0 Å². The highest BCUT2D eigenvalue weighted by molar-refractivity contribution is 14.1. The topological polar surface area (TPSA) is 40.9 Å². The van der Waals surface area contributed by atoms with Crippen LogP contribution in [-0.2, 0) is 0 Å². The van der Waals surface area contributed by atoms with Crippen LogP contribution in [0.1, 0.15) is 15.9 Å². The van der Waals surface area contributed by atoms with Crippen molar-refractivity contribution in [2.24, 2.45) is 0 Å². The number of benzene rings is 1. The van der Waals surface area contributed by atoms with E-state index in [0.717, 1.165) is 6.07 Å². The third-order valence-electron chi connectivity index (χ3n) is 1.59. The summed E-state index contributed by atoms with van der Waals surface area (Å²) in [7, 11) is 0. The Hall–Kier alpha value is -0.480. The molecule has 5 heteroatoms. The van der Waals surface area contributed by atoms with Crippen LogP contribution in [0.2, 0.25) is 0 Å². The van der Waals surface area contributed by atoms with Crippen molar-refractivity contribution in [1.29, 1.82) is 5.26 Å². The van der Waals surface area contributed by atoms with Crippen molar-refractivity contribution < 1.29 is 9.18 Å². The summed E-state index contributed by atoms with van der Waals surface area (Å²) in [5.74, 6) is -0.795. The van der Waals surface area contributed by atoms with E-state index in [1.165, 1.54) is 6.07 Å². The molecule has 0 heterocycles. The fraction of sp³-hybridized carbons (Fsp3) is 0.111. The molecule has 0 spiro atoms. The number of carbonyl (C=O) groups is 1. The Kier molecular flexibility index (Phi) is 4.01. The minimum atomic E-state index is -0.502. The SMILES string of the molecule is N#Cc1c(I)cc(F)cc1C(=O)CBr. The predicted molar refractivity (Wildman–Crippen MR) is 62.0 cm³/mol. The van der Waals surface area contributed by atoms with Crippen LogP contribution in [0, 0.1) is 20.7 Å². The normalized spacial score (nSPS) is 9.57. The van der Waals surface area contributed by atoms with E-state index < -0.39 is 5.82 Å². The van der Waals surface area contributed by atoms with Gasteiger partial charge >= 0.3 is 0 Å². The number of nitrogens with zero attached hydrogens (tertiary/aromatic N) is 1. The van der Waals surface area contributed by atoms with Crippen molar-refractivity contribution in [2.45, 2.75) is 0 Å². The lowest BCUT2D eigenvalue weighted by Crippen LogP contribution is -2.05. The van der Waals surface area contributed by atoms with Crippen LogP contribution >= 0.6 is 38.5 Å². The fourth-order valence-electron chi connectivity index (χ4n) is 0.979. The molecular weight excluding hydrogens is 364 g/mol. The van der Waals surface area contributed by atoms with Gasteiger partial charge in [-0.1, -0.05) is 15.9 Å². The first-order chi connectivity index (χ1) is 6.60. The van der Waals surface area contributed by atoms with E-state index in [1.54, 1.807) is 0 Å². The van der Waals surface area contributed by atoms with Gasteiger partial charge in [0.2, 0.25) is 0 Å². The number of Topliss-reactive ketones (excluding diaryl/α,β-unsaturated/α-hetero) is 1. The van der Waals surface area contributed by atoms with Crippen LogP contribution in [0.3, 0.4) is 0 Å². The molecule has 2 nitrogen and oxygen atoms in total. The first-order valence-corrected chi connectivity index (χ1v) is 5.78. The van der Waals surface area contributed by atoms with E-state index in [1.807, 2.05) is 28.7 Å². The van der Waals surface area contributed by atoms with Gasteiger partial charge in [-0.15, -0.1) is 0 Å². The lowest BCUT2D eigenvalue weighted by molar-refractivity contribution is 0.102. The van der Waals surface area contributed by atoms with Gasteiger partial charge < -0.3 is 0 Å². The van der Waals surface area contributed by atoms with Crippen molar-refractivity contribution in [3.8, 4) is 6.07 Å². The summed E-state index contributed by atoms with van der Waals surface area (Å²) >= 11 is 4.81. The van der Waals surface area contributed by atoms with Crippen molar-refractivity contribution in [3.05, 3.63) is 32.6 Å². The second-order valence-electron chi connectivity index (χ2n) is 2.48. The summed E-state index contributed by atoms with van der Waals surface area (Å²) in [6.07, 6.45) is 0. The fourth-order valence-corrected chi connectivity index (χ4v) is 1.99. The number of hydrogen-bond acceptors (Lipinski definition) is 2. The molecule has 0 aliphatic rings. The molecule has 1 aromatic carbocycles. The van der Waals surface area contributed by atoms with Gasteiger partial charge in [-0.05, 0) is 34.7 Å². The zero-order valence-electron chi connectivity index (χ0n) is 6.85. The highest BCUT2D eigenvalue weighted by Crippen LogP contribution is 2.19. The third kappa shape index (κ3) is 2.30. The highest BCUT2D eigenvalue weighted by atomic mass is 127. The Bertz CT molecular complexity index is 428. The summed E-state index contributed by atoms with van der Waals surface area (Å²) in [4.78, 5) is 11.3. The predicted octanol–water partition coefficient (Wildman–Crippen LogP) is 2.88. The molecule has 0 aliphatic carbocycles. The molecule has 1 rings (SSSR count). The molecule has 0 fully saturated rings. The van der Waals surface area contributed by atoms with Gasteiger partial charge in [-0.25, -0.2) is 4.39 Å². The van der Waals surface area contributed by atoms with Gasteiger partial charge in [-0.2, -0.15) is 5.26 Å². The minimum absolute atomic E-state index is 0.0845. The zero-order valence-corrected chi connectivity index (χ0v) is 10.6. The quantitative estimate of drug-likeness (QED) is 0.458. The molecule has 0 saturated carbocycles. The van der Waals surface area contributed by atoms with Gasteiger partial charge in [0, 0.05) is 9.13 Å². The van der Waals surface area contributed by atoms with Crippen LogP contribution in [0.15, 0.2) is 12.1 Å². The Morgan fingerprint density at radius 3 is 2.79 bits per heavy atom. The lowest BCUT2D eigenvalue weighted by atomic mass is 10.1. The van der Waals surface area contributed by atoms with Crippen molar-refractivity contribution >= 4 is 44.3 Å². The van der Waals surface area contributed by atoms with E-state index in [-0.39, 0.29) is 22.2 Å². The second kappa shape index (κ2) is 4.84. The molecular formula is C9H4BrFINO. The maximum Gasteiger partial charge on any atom is 0.174 e. The van der Waals surface area contributed by atoms with Crippen molar-refractivity contribution in [2.75, 3.05) is 5.33 Å². The lowest BCUT2D eigenvalue weighted by Gasteiger charge is -2.03. The number of hydrogen-bond donors (Lipinski definition) is 0. The molecule has 0 atom stereocenters. The maximum absolute atomic E-state index is 13.0. The summed E-state index contributed by atoms with van der Waals surface area (Å²) < 4.78 is 13.4. The van der Waals surface area contributed by atoms with Gasteiger partial charge in [-0.3, -0.25) is 4.79 Å². The molecule has 72 valence electrons. The molecule has 0 bridgehead atoms. The summed E-state index contributed by atoms with van der Waals surface area (Å²) in [6.45, 7) is 0. The number of nitriles is 1. The van der Waals surface area contributed by atoms with Crippen LogP contribution < -0.4 is 0 Å². The molecule has 0 radical (unpaired) electrons. The van der Waals surface area contributed by atoms with Crippen LogP contribution in [0.4, 0.5) is 4.39 Å². The molecule has 0 N–H and O–H groups in total. The van der Waals surface area contributed by atoms with Crippen LogP contribution in [0.5, 0.6) is 0 Å². The first-order valence-electron chi connectivity index (χ1n) is 3.58. The summed E-state index contributed by atoms with van der Waals surface area (Å²) in [6, 6.07) is 4.20. The smallest absolute Gasteiger partial charge is 0.174 e. The number of ketones is 1. The highest BCUT2D eigenvalue weighted by Gasteiger charge is 2.14. The average Bonchev–Trinajstić information content (AvgIpc) is 2.15. The number of halogens is 3. The molecule has 0 aromatic heterocycles. The zero-order chi connectivity index (χ0) is 10.7. The molecule has 0 aliphatic heterocycles. The number of alkyl halides is 1. The number of carbonyl (C=O) groups excluding carboxylic acids is 1. The van der Waals surface area contributed by atoms with Crippen LogP contribution in [0.25, 0.3) is 0 Å². The molecule has 0 amide bonds. The third-order valence-corrected chi connectivity index (χ3v) is 2.95. The Morgan fingerprint density at radius 1 is 1.64 bits per heavy atom. The second-order valence-corrected chi connectivity index (χ2v) is 4.20.